The van der Waals surface area contributed by atoms with Gasteiger partial charge < -0.3 is 5.73 Å². The zero-order valence-electron chi connectivity index (χ0n) is 9.20. The molecule has 2 heterocycles. The Morgan fingerprint density at radius 3 is 2.62 bits per heavy atom. The number of aromatic nitrogens is 1. The molecule has 2 rings (SSSR count). The number of hydrogen-bond donors (Lipinski definition) is 1. The van der Waals surface area contributed by atoms with E-state index < -0.39 is 5.54 Å². The van der Waals surface area contributed by atoms with Gasteiger partial charge in [-0.15, -0.1) is 11.3 Å². The number of rotatable bonds is 2. The summed E-state index contributed by atoms with van der Waals surface area (Å²) in [7, 11) is 0. The van der Waals surface area contributed by atoms with Crippen LogP contribution in [-0.4, -0.2) is 4.98 Å². The Balaban J connectivity index is 2.46. The first-order valence-electron chi connectivity index (χ1n) is 4.97. The standard InChI is InChI=1S/C12H13FN2S/c1-8-10(5-6-16-8)12(2,14)11-4-3-9(13)7-15-11/h3-7H,14H2,1-2H3. The smallest absolute Gasteiger partial charge is 0.141 e. The van der Waals surface area contributed by atoms with Crippen molar-refractivity contribution in [1.29, 1.82) is 0 Å². The largest absolute Gasteiger partial charge is 0.317 e. The molecule has 0 aromatic carbocycles. The van der Waals surface area contributed by atoms with Crippen molar-refractivity contribution in [3.8, 4) is 0 Å². The third-order valence-corrected chi connectivity index (χ3v) is 3.52. The molecule has 1 atom stereocenters. The van der Waals surface area contributed by atoms with Crippen LogP contribution in [0.3, 0.4) is 0 Å². The van der Waals surface area contributed by atoms with Gasteiger partial charge in [-0.1, -0.05) is 0 Å². The minimum atomic E-state index is -0.669. The first kappa shape index (κ1) is 11.2. The third kappa shape index (κ3) is 1.86. The third-order valence-electron chi connectivity index (χ3n) is 2.68. The molecule has 2 aromatic rings. The summed E-state index contributed by atoms with van der Waals surface area (Å²) >= 11 is 1.65. The lowest BCUT2D eigenvalue weighted by Crippen LogP contribution is -2.35. The van der Waals surface area contributed by atoms with Gasteiger partial charge in [-0.05, 0) is 43.0 Å². The van der Waals surface area contributed by atoms with E-state index in [0.29, 0.717) is 5.69 Å². The van der Waals surface area contributed by atoms with Crippen molar-refractivity contribution in [3.63, 3.8) is 0 Å². The van der Waals surface area contributed by atoms with E-state index >= 15 is 0 Å². The Morgan fingerprint density at radius 2 is 2.12 bits per heavy atom. The molecule has 16 heavy (non-hydrogen) atoms. The summed E-state index contributed by atoms with van der Waals surface area (Å²) in [5.74, 6) is -0.346. The van der Waals surface area contributed by atoms with E-state index in [2.05, 4.69) is 4.98 Å². The van der Waals surface area contributed by atoms with Crippen molar-refractivity contribution in [3.05, 3.63) is 51.7 Å². The predicted octanol–water partition coefficient (Wildman–Crippen LogP) is 2.81. The van der Waals surface area contributed by atoms with E-state index in [1.54, 1.807) is 17.4 Å². The molecule has 4 heteroatoms. The zero-order valence-corrected chi connectivity index (χ0v) is 10.0. The molecule has 1 unspecified atom stereocenters. The number of nitrogens with two attached hydrogens (primary N) is 1. The molecule has 0 fully saturated rings. The zero-order chi connectivity index (χ0) is 11.8. The minimum Gasteiger partial charge on any atom is -0.317 e. The molecule has 0 saturated heterocycles. The number of nitrogens with zero attached hydrogens (tertiary/aromatic N) is 1. The lowest BCUT2D eigenvalue weighted by molar-refractivity contribution is 0.567. The Hall–Kier alpha value is -1.26. The second-order valence-electron chi connectivity index (χ2n) is 3.95. The molecule has 2 aromatic heterocycles. The van der Waals surface area contributed by atoms with Crippen LogP contribution in [0.25, 0.3) is 0 Å². The van der Waals surface area contributed by atoms with Gasteiger partial charge in [0.05, 0.1) is 17.4 Å². The molecular weight excluding hydrogens is 223 g/mol. The fourth-order valence-electron chi connectivity index (χ4n) is 1.74. The molecule has 0 radical (unpaired) electrons. The number of pyridine rings is 1. The normalized spacial score (nSPS) is 14.8. The van der Waals surface area contributed by atoms with E-state index in [-0.39, 0.29) is 5.82 Å². The van der Waals surface area contributed by atoms with Crippen LogP contribution in [-0.2, 0) is 5.54 Å². The summed E-state index contributed by atoms with van der Waals surface area (Å²) in [6, 6.07) is 5.01. The van der Waals surface area contributed by atoms with Crippen molar-refractivity contribution >= 4 is 11.3 Å². The fourth-order valence-corrected chi connectivity index (χ4v) is 2.56. The van der Waals surface area contributed by atoms with E-state index in [4.69, 9.17) is 5.73 Å². The van der Waals surface area contributed by atoms with Gasteiger partial charge in [0.15, 0.2) is 0 Å². The number of halogens is 1. The van der Waals surface area contributed by atoms with Crippen LogP contribution >= 0.6 is 11.3 Å². The average Bonchev–Trinajstić information content (AvgIpc) is 2.66. The Morgan fingerprint density at radius 1 is 1.38 bits per heavy atom. The maximum atomic E-state index is 12.8. The molecule has 0 aliphatic carbocycles. The molecule has 0 saturated carbocycles. The van der Waals surface area contributed by atoms with Gasteiger partial charge in [0.1, 0.15) is 5.82 Å². The van der Waals surface area contributed by atoms with Crippen molar-refractivity contribution in [2.75, 3.05) is 0 Å². The van der Waals surface area contributed by atoms with Crippen LogP contribution in [0, 0.1) is 12.7 Å². The van der Waals surface area contributed by atoms with Crippen LogP contribution in [0.2, 0.25) is 0 Å². The summed E-state index contributed by atoms with van der Waals surface area (Å²) in [5, 5.41) is 2.00. The molecule has 2 N–H and O–H groups in total. The first-order chi connectivity index (χ1) is 7.51. The first-order valence-corrected chi connectivity index (χ1v) is 5.85. The SMILES string of the molecule is Cc1sccc1C(C)(N)c1ccc(F)cn1. The van der Waals surface area contributed by atoms with E-state index in [9.17, 15) is 4.39 Å². The highest BCUT2D eigenvalue weighted by molar-refractivity contribution is 7.10. The number of thiophene rings is 1. The molecule has 0 aliphatic rings. The van der Waals surface area contributed by atoms with Gasteiger partial charge in [0.2, 0.25) is 0 Å². The highest BCUT2D eigenvalue weighted by Crippen LogP contribution is 2.30. The summed E-state index contributed by atoms with van der Waals surface area (Å²) in [4.78, 5) is 5.21. The van der Waals surface area contributed by atoms with E-state index in [1.165, 1.54) is 12.3 Å². The summed E-state index contributed by atoms with van der Waals surface area (Å²) in [6.07, 6.45) is 1.20. The molecule has 0 bridgehead atoms. The van der Waals surface area contributed by atoms with Crippen molar-refractivity contribution in [2.24, 2.45) is 5.73 Å². The fraction of sp³-hybridized carbons (Fsp3) is 0.250. The molecule has 0 amide bonds. The maximum absolute atomic E-state index is 12.8. The number of aryl methyl sites for hydroxylation is 1. The summed E-state index contributed by atoms with van der Waals surface area (Å²) in [6.45, 7) is 3.91. The average molecular weight is 236 g/mol. The minimum absolute atomic E-state index is 0.346. The topological polar surface area (TPSA) is 38.9 Å². The molecule has 84 valence electrons. The second kappa shape index (κ2) is 3.96. The lowest BCUT2D eigenvalue weighted by Gasteiger charge is -2.24. The van der Waals surface area contributed by atoms with Crippen LogP contribution in [0.5, 0.6) is 0 Å². The van der Waals surface area contributed by atoms with Gasteiger partial charge in [0, 0.05) is 4.88 Å². The Kier molecular flexibility index (Phi) is 2.78. The van der Waals surface area contributed by atoms with Gasteiger partial charge in [-0.3, -0.25) is 4.98 Å². The lowest BCUT2D eigenvalue weighted by atomic mass is 9.90. The highest BCUT2D eigenvalue weighted by Gasteiger charge is 2.27. The van der Waals surface area contributed by atoms with Crippen molar-refractivity contribution in [2.45, 2.75) is 19.4 Å². The van der Waals surface area contributed by atoms with Crippen LogP contribution in [0.4, 0.5) is 4.39 Å². The number of hydrogen-bond acceptors (Lipinski definition) is 3. The van der Waals surface area contributed by atoms with Gasteiger partial charge in [0.25, 0.3) is 0 Å². The van der Waals surface area contributed by atoms with Crippen LogP contribution in [0.1, 0.15) is 23.1 Å². The second-order valence-corrected chi connectivity index (χ2v) is 5.07. The molecule has 0 spiro atoms. The van der Waals surface area contributed by atoms with Gasteiger partial charge in [-0.2, -0.15) is 0 Å². The summed E-state index contributed by atoms with van der Waals surface area (Å²) in [5.41, 5.74) is 7.32. The van der Waals surface area contributed by atoms with Crippen molar-refractivity contribution < 1.29 is 4.39 Å². The van der Waals surface area contributed by atoms with Crippen LogP contribution < -0.4 is 5.73 Å². The monoisotopic (exact) mass is 236 g/mol. The molecule has 0 aliphatic heterocycles. The summed E-state index contributed by atoms with van der Waals surface area (Å²) < 4.78 is 12.8. The Labute approximate surface area is 97.9 Å². The van der Waals surface area contributed by atoms with Crippen molar-refractivity contribution in [1.82, 2.24) is 4.98 Å². The maximum Gasteiger partial charge on any atom is 0.141 e. The van der Waals surface area contributed by atoms with Gasteiger partial charge in [-0.25, -0.2) is 4.39 Å². The Bertz CT molecular complexity index is 488. The predicted molar refractivity (Wildman–Crippen MR) is 63.9 cm³/mol. The van der Waals surface area contributed by atoms with Crippen LogP contribution in [0.15, 0.2) is 29.8 Å². The molecular formula is C12H13FN2S. The van der Waals surface area contributed by atoms with E-state index in [0.717, 1.165) is 10.4 Å². The quantitative estimate of drug-likeness (QED) is 0.870. The van der Waals surface area contributed by atoms with E-state index in [1.807, 2.05) is 25.3 Å². The van der Waals surface area contributed by atoms with Gasteiger partial charge >= 0.3 is 0 Å². The highest BCUT2D eigenvalue weighted by atomic mass is 32.1. The molecule has 2 nitrogen and oxygen atoms in total.